The molecular formula is C21H21N3O9. The molecule has 1 saturated heterocycles. The monoisotopic (exact) mass is 459 g/mol. The molecular weight excluding hydrogens is 438 g/mol. The van der Waals surface area contributed by atoms with E-state index in [1.54, 1.807) is 0 Å². The van der Waals surface area contributed by atoms with Crippen molar-refractivity contribution in [3.63, 3.8) is 0 Å². The lowest BCUT2D eigenvalue weighted by molar-refractivity contribution is -0.384. The number of aliphatic hydroxyl groups is 1. The third kappa shape index (κ3) is 4.42. The molecule has 0 radical (unpaired) electrons. The number of nitrogens with zero attached hydrogens (tertiary/aromatic N) is 2. The zero-order valence-corrected chi connectivity index (χ0v) is 17.3. The van der Waals surface area contributed by atoms with Crippen LogP contribution in [0.4, 0.5) is 10.5 Å². The van der Waals surface area contributed by atoms with Crippen molar-refractivity contribution in [1.82, 2.24) is 10.4 Å². The Morgan fingerprint density at radius 3 is 2.33 bits per heavy atom. The number of carbonyl (C=O) groups is 4. The van der Waals surface area contributed by atoms with Crippen LogP contribution in [0.15, 0.2) is 36.4 Å². The van der Waals surface area contributed by atoms with Gasteiger partial charge in [-0.05, 0) is 36.0 Å². The van der Waals surface area contributed by atoms with Crippen molar-refractivity contribution in [3.05, 3.63) is 52.1 Å². The summed E-state index contributed by atoms with van der Waals surface area (Å²) in [4.78, 5) is 63.8. The number of rotatable bonds is 8. The average molecular weight is 459 g/mol. The van der Waals surface area contributed by atoms with E-state index in [-0.39, 0.29) is 37.1 Å². The van der Waals surface area contributed by atoms with Gasteiger partial charge in [-0.3, -0.25) is 19.7 Å². The highest BCUT2D eigenvalue weighted by Gasteiger charge is 2.61. The van der Waals surface area contributed by atoms with E-state index >= 15 is 0 Å². The van der Waals surface area contributed by atoms with Crippen LogP contribution < -0.4 is 5.32 Å². The number of nitro benzene ring substituents is 1. The summed E-state index contributed by atoms with van der Waals surface area (Å²) in [6.07, 6.45) is 1.82. The third-order valence-corrected chi connectivity index (χ3v) is 6.09. The maximum Gasteiger partial charge on any atom is 0.407 e. The molecule has 0 spiro atoms. The van der Waals surface area contributed by atoms with Gasteiger partial charge in [-0.2, -0.15) is 0 Å². The molecule has 3 amide bonds. The Labute approximate surface area is 187 Å². The van der Waals surface area contributed by atoms with Crippen LogP contribution in [-0.2, 0) is 30.6 Å². The molecule has 2 fully saturated rings. The number of alkyl carbamates (subject to hydrolysis) is 1. The molecule has 1 saturated carbocycles. The molecule has 2 N–H and O–H groups in total. The Hall–Kier alpha value is -3.80. The molecule has 1 aromatic rings. The number of fused-ring (bicyclic) bond motifs is 5. The Morgan fingerprint density at radius 2 is 1.76 bits per heavy atom. The van der Waals surface area contributed by atoms with E-state index in [9.17, 15) is 34.4 Å². The standard InChI is InChI=1S/C21H21N3O9/c25-15(7-8-22-21(29)32-10-11-1-5-14(6-2-11)24(30)31)20(28)33-23-18(26)16-12-3-4-13(9-12)17(16)19(23)27/h1-6,12-13,15-17,25H,7-10H2,(H,22,29)/t12?,13?,15-,16-,17+/m0/s1. The van der Waals surface area contributed by atoms with Crippen LogP contribution in [0.25, 0.3) is 0 Å². The highest BCUT2D eigenvalue weighted by molar-refractivity contribution is 6.06. The van der Waals surface area contributed by atoms with E-state index in [0.29, 0.717) is 10.6 Å². The van der Waals surface area contributed by atoms with Gasteiger partial charge in [0, 0.05) is 25.1 Å². The maximum absolute atomic E-state index is 12.5. The van der Waals surface area contributed by atoms with E-state index in [4.69, 9.17) is 9.57 Å². The first-order valence-corrected chi connectivity index (χ1v) is 10.4. The maximum atomic E-state index is 12.5. The number of amides is 3. The van der Waals surface area contributed by atoms with Crippen LogP contribution in [0.2, 0.25) is 0 Å². The Balaban J connectivity index is 1.18. The Bertz CT molecular complexity index is 992. The fourth-order valence-electron chi connectivity index (χ4n) is 4.46. The average Bonchev–Trinajstić information content (AvgIpc) is 3.48. The van der Waals surface area contributed by atoms with Crippen LogP contribution in [-0.4, -0.2) is 51.6 Å². The van der Waals surface area contributed by atoms with Crippen LogP contribution in [0, 0.1) is 33.8 Å². The molecule has 2 bridgehead atoms. The van der Waals surface area contributed by atoms with Crippen LogP contribution in [0.1, 0.15) is 18.4 Å². The first-order valence-electron chi connectivity index (χ1n) is 10.4. The number of hydroxylamine groups is 2. The SMILES string of the molecule is O=C(NCC[C@H](O)C(=O)ON1C(=O)[C@@H]2C3C=CC(C3)[C@@H]2C1=O)OCc1ccc([N+](=O)[O-])cc1. The van der Waals surface area contributed by atoms with Gasteiger partial charge < -0.3 is 20.0 Å². The third-order valence-electron chi connectivity index (χ3n) is 6.09. The number of imide groups is 1. The highest BCUT2D eigenvalue weighted by atomic mass is 16.7. The zero-order chi connectivity index (χ0) is 23.7. The summed E-state index contributed by atoms with van der Waals surface area (Å²) in [5.41, 5.74) is 0.446. The second-order valence-electron chi connectivity index (χ2n) is 8.11. The number of nitro groups is 1. The summed E-state index contributed by atoms with van der Waals surface area (Å²) in [6, 6.07) is 5.45. The molecule has 2 unspecified atom stereocenters. The second kappa shape index (κ2) is 8.98. The van der Waals surface area contributed by atoms with Crippen LogP contribution in [0.3, 0.4) is 0 Å². The number of carbonyl (C=O) groups excluding carboxylic acids is 4. The van der Waals surface area contributed by atoms with Gasteiger partial charge in [0.05, 0.1) is 16.8 Å². The lowest BCUT2D eigenvalue weighted by atomic mass is 9.85. The molecule has 0 aromatic heterocycles. The number of aliphatic hydroxyl groups excluding tert-OH is 1. The number of benzene rings is 1. The molecule has 1 aromatic carbocycles. The summed E-state index contributed by atoms with van der Waals surface area (Å²) in [5.74, 6) is -3.43. The highest BCUT2D eigenvalue weighted by Crippen LogP contribution is 2.52. The predicted octanol–water partition coefficient (Wildman–Crippen LogP) is 0.837. The minimum absolute atomic E-state index is 0.0358. The normalized spacial score (nSPS) is 25.7. The summed E-state index contributed by atoms with van der Waals surface area (Å²) >= 11 is 0. The summed E-state index contributed by atoms with van der Waals surface area (Å²) in [5, 5.41) is 23.4. The largest absolute Gasteiger partial charge is 0.445 e. The molecule has 174 valence electrons. The van der Waals surface area contributed by atoms with Crippen molar-refractivity contribution in [2.75, 3.05) is 6.54 Å². The molecule has 4 rings (SSSR count). The van der Waals surface area contributed by atoms with Crippen molar-refractivity contribution in [1.29, 1.82) is 0 Å². The van der Waals surface area contributed by atoms with Gasteiger partial charge in [0.15, 0.2) is 6.10 Å². The van der Waals surface area contributed by atoms with Gasteiger partial charge >= 0.3 is 12.1 Å². The van der Waals surface area contributed by atoms with Crippen molar-refractivity contribution >= 4 is 29.6 Å². The molecule has 5 atom stereocenters. The van der Waals surface area contributed by atoms with Crippen molar-refractivity contribution in [2.24, 2.45) is 23.7 Å². The minimum Gasteiger partial charge on any atom is -0.445 e. The molecule has 12 heteroatoms. The van der Waals surface area contributed by atoms with Crippen molar-refractivity contribution < 1.29 is 38.8 Å². The summed E-state index contributed by atoms with van der Waals surface area (Å²) < 4.78 is 4.95. The van der Waals surface area contributed by atoms with Gasteiger partial charge in [-0.25, -0.2) is 9.59 Å². The van der Waals surface area contributed by atoms with Gasteiger partial charge in [-0.15, -0.1) is 5.06 Å². The quantitative estimate of drug-likeness (QED) is 0.248. The lowest BCUT2D eigenvalue weighted by Crippen LogP contribution is -2.39. The number of hydrogen-bond donors (Lipinski definition) is 2. The molecule has 33 heavy (non-hydrogen) atoms. The van der Waals surface area contributed by atoms with Gasteiger partial charge in [0.25, 0.3) is 17.5 Å². The lowest BCUT2D eigenvalue weighted by Gasteiger charge is -2.18. The molecule has 3 aliphatic rings. The fourth-order valence-corrected chi connectivity index (χ4v) is 4.46. The van der Waals surface area contributed by atoms with Crippen molar-refractivity contribution in [3.8, 4) is 0 Å². The number of allylic oxidation sites excluding steroid dienone is 2. The first-order chi connectivity index (χ1) is 15.8. The summed E-state index contributed by atoms with van der Waals surface area (Å²) in [6.45, 7) is -0.274. The number of nitrogens with one attached hydrogen (secondary N) is 1. The van der Waals surface area contributed by atoms with Gasteiger partial charge in [0.2, 0.25) is 0 Å². The van der Waals surface area contributed by atoms with E-state index < -0.39 is 46.7 Å². The van der Waals surface area contributed by atoms with Gasteiger partial charge in [-0.1, -0.05) is 12.2 Å². The van der Waals surface area contributed by atoms with E-state index in [0.717, 1.165) is 6.42 Å². The topological polar surface area (TPSA) is 165 Å². The minimum atomic E-state index is -1.67. The van der Waals surface area contributed by atoms with Crippen molar-refractivity contribution in [2.45, 2.75) is 25.6 Å². The second-order valence-corrected chi connectivity index (χ2v) is 8.11. The molecule has 1 aliphatic heterocycles. The molecule has 1 heterocycles. The van der Waals surface area contributed by atoms with E-state index in [1.165, 1.54) is 24.3 Å². The predicted molar refractivity (Wildman–Crippen MR) is 108 cm³/mol. The Kier molecular flexibility index (Phi) is 6.09. The van der Waals surface area contributed by atoms with Gasteiger partial charge in [0.1, 0.15) is 6.61 Å². The van der Waals surface area contributed by atoms with Crippen LogP contribution in [0.5, 0.6) is 0 Å². The summed E-state index contributed by atoms with van der Waals surface area (Å²) in [7, 11) is 0. The smallest absolute Gasteiger partial charge is 0.407 e. The fraction of sp³-hybridized carbons (Fsp3) is 0.429. The number of non-ortho nitro benzene ring substituents is 1. The zero-order valence-electron chi connectivity index (χ0n) is 17.3. The van der Waals surface area contributed by atoms with E-state index in [2.05, 4.69) is 5.32 Å². The number of hydrogen-bond acceptors (Lipinski definition) is 9. The molecule has 12 nitrogen and oxygen atoms in total. The van der Waals surface area contributed by atoms with E-state index in [1.807, 2.05) is 12.2 Å². The number of ether oxygens (including phenoxy) is 1. The first kappa shape index (κ1) is 22.4. The Morgan fingerprint density at radius 1 is 1.15 bits per heavy atom. The van der Waals surface area contributed by atoms with Crippen LogP contribution >= 0.6 is 0 Å². The molecule has 2 aliphatic carbocycles.